The molecule has 0 spiro atoms. The number of rotatable bonds is 4. The Bertz CT molecular complexity index is 928. The second kappa shape index (κ2) is 5.69. The molecule has 0 fully saturated rings. The Morgan fingerprint density at radius 2 is 1.71 bits per heavy atom. The van der Waals surface area contributed by atoms with Crippen LogP contribution in [0.5, 0.6) is 0 Å². The fraction of sp³-hybridized carbons (Fsp3) is 0.0714. The van der Waals surface area contributed by atoms with Gasteiger partial charge in [0, 0.05) is 0 Å². The zero-order valence-electron chi connectivity index (χ0n) is 10.9. The number of hydrogen-bond donors (Lipinski definition) is 1. The highest BCUT2D eigenvalue weighted by molar-refractivity contribution is 7.89. The lowest BCUT2D eigenvalue weighted by Crippen LogP contribution is -2.26. The monoisotopic (exact) mass is 336 g/mol. The fourth-order valence-corrected chi connectivity index (χ4v) is 4.30. The number of fused-ring (bicyclic) bond motifs is 1. The molecule has 0 radical (unpaired) electrons. The van der Waals surface area contributed by atoms with E-state index in [4.69, 9.17) is 12.2 Å². The molecule has 1 heterocycles. The molecule has 0 bridgehead atoms. The third kappa shape index (κ3) is 2.91. The van der Waals surface area contributed by atoms with Gasteiger partial charge < -0.3 is 4.57 Å². The standard InChI is InChI=1S/C14H12N2O2S3/c17-21(18,11-6-2-1-3-7-11)15-10-16-12-8-4-5-9-13(12)20-14(16)19/h1-9,15H,10H2. The summed E-state index contributed by atoms with van der Waals surface area (Å²) in [5.41, 5.74) is 0.934. The summed E-state index contributed by atoms with van der Waals surface area (Å²) >= 11 is 6.77. The van der Waals surface area contributed by atoms with Crippen LogP contribution in [0.4, 0.5) is 0 Å². The van der Waals surface area contributed by atoms with Gasteiger partial charge in [-0.25, -0.2) is 8.42 Å². The van der Waals surface area contributed by atoms with Crippen LogP contribution in [0.1, 0.15) is 0 Å². The first kappa shape index (κ1) is 14.4. The number of nitrogens with one attached hydrogen (secondary N) is 1. The maximum Gasteiger partial charge on any atom is 0.242 e. The van der Waals surface area contributed by atoms with Gasteiger partial charge in [-0.2, -0.15) is 4.72 Å². The number of sulfonamides is 1. The van der Waals surface area contributed by atoms with Crippen molar-refractivity contribution in [3.8, 4) is 0 Å². The predicted molar refractivity (Wildman–Crippen MR) is 87.4 cm³/mol. The maximum absolute atomic E-state index is 12.2. The number of thiazole rings is 1. The van der Waals surface area contributed by atoms with E-state index < -0.39 is 10.0 Å². The molecule has 0 aliphatic rings. The van der Waals surface area contributed by atoms with E-state index in [1.807, 2.05) is 24.3 Å². The van der Waals surface area contributed by atoms with Crippen molar-refractivity contribution in [2.24, 2.45) is 0 Å². The lowest BCUT2D eigenvalue weighted by atomic mass is 10.3. The molecule has 3 rings (SSSR count). The van der Waals surface area contributed by atoms with E-state index in [9.17, 15) is 8.42 Å². The van der Waals surface area contributed by atoms with Gasteiger partial charge in [-0.05, 0) is 36.5 Å². The lowest BCUT2D eigenvalue weighted by molar-refractivity contribution is 0.566. The summed E-state index contributed by atoms with van der Waals surface area (Å²) in [6.45, 7) is 0.125. The van der Waals surface area contributed by atoms with E-state index in [0.717, 1.165) is 10.2 Å². The van der Waals surface area contributed by atoms with Gasteiger partial charge in [-0.3, -0.25) is 0 Å². The normalized spacial score (nSPS) is 11.8. The zero-order chi connectivity index (χ0) is 14.9. The smallest absolute Gasteiger partial charge is 0.242 e. The summed E-state index contributed by atoms with van der Waals surface area (Å²) < 4.78 is 30.5. The summed E-state index contributed by atoms with van der Waals surface area (Å²) in [7, 11) is -3.53. The van der Waals surface area contributed by atoms with Crippen LogP contribution in [0.3, 0.4) is 0 Å². The van der Waals surface area contributed by atoms with Crippen LogP contribution < -0.4 is 4.72 Å². The second-order valence-electron chi connectivity index (χ2n) is 4.38. The highest BCUT2D eigenvalue weighted by Gasteiger charge is 2.14. The minimum absolute atomic E-state index is 0.125. The van der Waals surface area contributed by atoms with Crippen molar-refractivity contribution in [1.82, 2.24) is 9.29 Å². The van der Waals surface area contributed by atoms with Gasteiger partial charge in [0.15, 0.2) is 3.95 Å². The van der Waals surface area contributed by atoms with E-state index in [2.05, 4.69) is 4.72 Å². The second-order valence-corrected chi connectivity index (χ2v) is 7.83. The average molecular weight is 336 g/mol. The number of benzene rings is 2. The molecule has 4 nitrogen and oxygen atoms in total. The fourth-order valence-electron chi connectivity index (χ4n) is 2.00. The highest BCUT2D eigenvalue weighted by atomic mass is 32.2. The quantitative estimate of drug-likeness (QED) is 0.743. The van der Waals surface area contributed by atoms with E-state index in [1.54, 1.807) is 34.9 Å². The molecule has 0 saturated carbocycles. The molecule has 1 aromatic heterocycles. The molecule has 2 aromatic carbocycles. The van der Waals surface area contributed by atoms with Crippen LogP contribution in [0.15, 0.2) is 59.5 Å². The van der Waals surface area contributed by atoms with Crippen molar-refractivity contribution in [2.75, 3.05) is 0 Å². The van der Waals surface area contributed by atoms with E-state index in [-0.39, 0.29) is 11.6 Å². The number of para-hydroxylation sites is 1. The number of hydrogen-bond acceptors (Lipinski definition) is 4. The van der Waals surface area contributed by atoms with Crippen molar-refractivity contribution in [3.63, 3.8) is 0 Å². The first-order chi connectivity index (χ1) is 10.1. The molecule has 3 aromatic rings. The third-order valence-electron chi connectivity index (χ3n) is 3.04. The van der Waals surface area contributed by atoms with Gasteiger partial charge in [0.1, 0.15) is 0 Å². The van der Waals surface area contributed by atoms with Crippen molar-refractivity contribution >= 4 is 43.8 Å². The Balaban J connectivity index is 1.91. The van der Waals surface area contributed by atoms with Gasteiger partial charge in [-0.15, -0.1) is 11.3 Å². The Hall–Kier alpha value is -1.54. The van der Waals surface area contributed by atoms with E-state index >= 15 is 0 Å². The molecule has 0 atom stereocenters. The largest absolute Gasteiger partial charge is 0.309 e. The Labute approximate surface area is 131 Å². The SMILES string of the molecule is O=S(=O)(NCn1c(=S)sc2ccccc21)c1ccccc1. The molecule has 108 valence electrons. The van der Waals surface area contributed by atoms with E-state index in [0.29, 0.717) is 3.95 Å². The summed E-state index contributed by atoms with van der Waals surface area (Å²) in [6.07, 6.45) is 0. The van der Waals surface area contributed by atoms with Gasteiger partial charge in [0.2, 0.25) is 10.0 Å². The molecular formula is C14H12N2O2S3. The lowest BCUT2D eigenvalue weighted by Gasteiger charge is -2.08. The van der Waals surface area contributed by atoms with Crippen LogP contribution in [0, 0.1) is 3.95 Å². The number of aromatic nitrogens is 1. The van der Waals surface area contributed by atoms with Gasteiger partial charge >= 0.3 is 0 Å². The molecule has 0 amide bonds. The summed E-state index contributed by atoms with van der Waals surface area (Å²) in [6, 6.07) is 16.0. The zero-order valence-corrected chi connectivity index (χ0v) is 13.3. The van der Waals surface area contributed by atoms with Gasteiger partial charge in [0.25, 0.3) is 0 Å². The average Bonchev–Trinajstić information content (AvgIpc) is 2.81. The Morgan fingerprint density at radius 3 is 2.48 bits per heavy atom. The Morgan fingerprint density at radius 1 is 1.05 bits per heavy atom. The molecule has 1 N–H and O–H groups in total. The maximum atomic E-state index is 12.2. The topological polar surface area (TPSA) is 51.1 Å². The molecule has 7 heteroatoms. The van der Waals surface area contributed by atoms with Crippen LogP contribution >= 0.6 is 23.6 Å². The van der Waals surface area contributed by atoms with Crippen molar-refractivity contribution in [3.05, 3.63) is 58.6 Å². The van der Waals surface area contributed by atoms with Crippen LogP contribution in [-0.4, -0.2) is 13.0 Å². The third-order valence-corrected chi connectivity index (χ3v) is 5.87. The molecule has 0 aliphatic heterocycles. The first-order valence-electron chi connectivity index (χ1n) is 6.21. The number of nitrogens with zero attached hydrogens (tertiary/aromatic N) is 1. The van der Waals surface area contributed by atoms with Gasteiger partial charge in [-0.1, -0.05) is 30.3 Å². The molecule has 21 heavy (non-hydrogen) atoms. The molecule has 0 saturated heterocycles. The summed E-state index contributed by atoms with van der Waals surface area (Å²) in [5, 5.41) is 0. The van der Waals surface area contributed by atoms with Crippen molar-refractivity contribution < 1.29 is 8.42 Å². The Kier molecular flexibility index (Phi) is 3.90. The van der Waals surface area contributed by atoms with Gasteiger partial charge in [0.05, 0.1) is 21.8 Å². The minimum atomic E-state index is -3.53. The molecule has 0 aliphatic carbocycles. The van der Waals surface area contributed by atoms with Crippen LogP contribution in [0.25, 0.3) is 10.2 Å². The highest BCUT2D eigenvalue weighted by Crippen LogP contribution is 2.22. The van der Waals surface area contributed by atoms with Crippen LogP contribution in [0.2, 0.25) is 0 Å². The molecule has 0 unspecified atom stereocenters. The summed E-state index contributed by atoms with van der Waals surface area (Å²) in [4.78, 5) is 0.246. The van der Waals surface area contributed by atoms with E-state index in [1.165, 1.54) is 11.3 Å². The first-order valence-corrected chi connectivity index (χ1v) is 8.92. The predicted octanol–water partition coefficient (Wildman–Crippen LogP) is 3.37. The minimum Gasteiger partial charge on any atom is -0.309 e. The van der Waals surface area contributed by atoms with Crippen molar-refractivity contribution in [2.45, 2.75) is 11.6 Å². The summed E-state index contributed by atoms with van der Waals surface area (Å²) in [5.74, 6) is 0. The van der Waals surface area contributed by atoms with Crippen LogP contribution in [-0.2, 0) is 16.7 Å². The van der Waals surface area contributed by atoms with Crippen molar-refractivity contribution in [1.29, 1.82) is 0 Å². The molecular weight excluding hydrogens is 324 g/mol.